The van der Waals surface area contributed by atoms with Gasteiger partial charge >= 0.3 is 0 Å². The highest BCUT2D eigenvalue weighted by molar-refractivity contribution is 7.17. The van der Waals surface area contributed by atoms with Crippen LogP contribution in [0.4, 0.5) is 5.82 Å². The van der Waals surface area contributed by atoms with E-state index in [1.54, 1.807) is 29.1 Å². The molecule has 0 saturated carbocycles. The molecule has 2 atom stereocenters. The number of amides is 2. The molecule has 2 fully saturated rings. The molecular formula is C35H38N8O4S. The summed E-state index contributed by atoms with van der Waals surface area (Å²) < 4.78 is 3.26. The van der Waals surface area contributed by atoms with E-state index in [0.717, 1.165) is 11.1 Å². The van der Waals surface area contributed by atoms with E-state index in [2.05, 4.69) is 15.0 Å². The van der Waals surface area contributed by atoms with E-state index < -0.39 is 5.60 Å². The number of nitrogens with zero attached hydrogens (tertiary/aromatic N) is 7. The van der Waals surface area contributed by atoms with Gasteiger partial charge < -0.3 is 25.2 Å². The maximum absolute atomic E-state index is 14.1. The van der Waals surface area contributed by atoms with E-state index >= 15 is 0 Å². The largest absolute Gasteiger partial charge is 0.388 e. The van der Waals surface area contributed by atoms with Crippen molar-refractivity contribution in [2.45, 2.75) is 44.2 Å². The Kier molecular flexibility index (Phi) is 8.34. The number of benzene rings is 1. The number of hydrogen-bond donors (Lipinski definition) is 2. The number of aryl methyl sites for hydroxylation is 2. The zero-order valence-corrected chi connectivity index (χ0v) is 27.8. The van der Waals surface area contributed by atoms with Gasteiger partial charge in [0, 0.05) is 63.0 Å². The Bertz CT molecular complexity index is 2030. The van der Waals surface area contributed by atoms with Crippen molar-refractivity contribution in [1.29, 1.82) is 0 Å². The standard InChI is InChI=1S/C35H38N8O4S/c1-22-29(48-31(39-22)24-8-9-28(36)37-18-24)34(46)42-15-11-25(27(19-42)23-6-4-3-5-7-23)32(44)41-16-12-35(47,13-17-41)20-43-21-38-30-26(33(43)45)10-14-40(30)2/h3-10,14,18,21,25,27,47H,11-13,15-17,19-20H2,1-2H3,(H2,36,37)/t25-,27+/m1/s1. The Morgan fingerprint density at radius 1 is 1.04 bits per heavy atom. The van der Waals surface area contributed by atoms with Gasteiger partial charge in [0.2, 0.25) is 5.91 Å². The number of piperidine rings is 2. The molecule has 2 aliphatic heterocycles. The lowest BCUT2D eigenvalue weighted by atomic mass is 9.79. The molecule has 248 valence electrons. The van der Waals surface area contributed by atoms with Crippen molar-refractivity contribution in [1.82, 2.24) is 33.9 Å². The summed E-state index contributed by atoms with van der Waals surface area (Å²) in [6.07, 6.45) is 6.16. The highest BCUT2D eigenvalue weighted by atomic mass is 32.1. The minimum absolute atomic E-state index is 0.0367. The molecule has 13 heteroatoms. The molecule has 48 heavy (non-hydrogen) atoms. The van der Waals surface area contributed by atoms with Gasteiger partial charge in [0.1, 0.15) is 27.7 Å². The first kappa shape index (κ1) is 31.7. The van der Waals surface area contributed by atoms with E-state index in [9.17, 15) is 19.5 Å². The number of carbonyl (C=O) groups is 2. The van der Waals surface area contributed by atoms with Gasteiger partial charge in [-0.25, -0.2) is 15.0 Å². The van der Waals surface area contributed by atoms with Crippen molar-refractivity contribution in [3.63, 3.8) is 0 Å². The summed E-state index contributed by atoms with van der Waals surface area (Å²) in [6.45, 7) is 3.58. The van der Waals surface area contributed by atoms with Crippen LogP contribution < -0.4 is 11.3 Å². The average Bonchev–Trinajstić information content (AvgIpc) is 3.68. The summed E-state index contributed by atoms with van der Waals surface area (Å²) in [5.41, 5.74) is 7.51. The summed E-state index contributed by atoms with van der Waals surface area (Å²) in [7, 11) is 1.84. The lowest BCUT2D eigenvalue weighted by molar-refractivity contribution is -0.142. The van der Waals surface area contributed by atoms with E-state index in [0.29, 0.717) is 77.9 Å². The highest BCUT2D eigenvalue weighted by Crippen LogP contribution is 2.37. The second kappa shape index (κ2) is 12.6. The van der Waals surface area contributed by atoms with Gasteiger partial charge in [-0.2, -0.15) is 0 Å². The van der Waals surface area contributed by atoms with E-state index in [1.807, 2.05) is 60.2 Å². The molecule has 2 saturated heterocycles. The van der Waals surface area contributed by atoms with Gasteiger partial charge in [0.15, 0.2) is 0 Å². The lowest BCUT2D eigenvalue weighted by Gasteiger charge is -2.43. The second-order valence-corrected chi connectivity index (χ2v) is 14.0. The normalized spacial score (nSPS) is 19.5. The maximum Gasteiger partial charge on any atom is 0.265 e. The number of nitrogens with two attached hydrogens (primary N) is 1. The minimum atomic E-state index is -1.13. The minimum Gasteiger partial charge on any atom is -0.388 e. The third kappa shape index (κ3) is 5.99. The molecule has 3 N–H and O–H groups in total. The third-order valence-electron chi connectivity index (χ3n) is 9.79. The Balaban J connectivity index is 1.05. The molecule has 0 spiro atoms. The van der Waals surface area contributed by atoms with Crippen LogP contribution in [0.1, 0.15) is 46.1 Å². The van der Waals surface area contributed by atoms with Crippen LogP contribution >= 0.6 is 11.3 Å². The summed E-state index contributed by atoms with van der Waals surface area (Å²) in [6, 6.07) is 15.2. The van der Waals surface area contributed by atoms with Crippen LogP contribution in [-0.4, -0.2) is 82.6 Å². The fourth-order valence-electron chi connectivity index (χ4n) is 7.01. The van der Waals surface area contributed by atoms with Gasteiger partial charge in [-0.1, -0.05) is 30.3 Å². The Hall–Kier alpha value is -4.88. The second-order valence-electron chi connectivity index (χ2n) is 13.0. The van der Waals surface area contributed by atoms with Crippen LogP contribution in [0.15, 0.2) is 72.0 Å². The first-order chi connectivity index (χ1) is 23.1. The zero-order valence-electron chi connectivity index (χ0n) is 27.0. The number of likely N-dealkylation sites (tertiary alicyclic amines) is 2. The van der Waals surface area contributed by atoms with Crippen LogP contribution in [0.5, 0.6) is 0 Å². The predicted molar refractivity (Wildman–Crippen MR) is 183 cm³/mol. The number of anilines is 1. The number of rotatable bonds is 6. The molecular weight excluding hydrogens is 629 g/mol. The number of fused-ring (bicyclic) bond motifs is 1. The number of hydrogen-bond acceptors (Lipinski definition) is 9. The van der Waals surface area contributed by atoms with E-state index in [-0.39, 0.29) is 35.8 Å². The van der Waals surface area contributed by atoms with Crippen molar-refractivity contribution < 1.29 is 14.7 Å². The molecule has 0 bridgehead atoms. The maximum atomic E-state index is 14.1. The van der Waals surface area contributed by atoms with Crippen molar-refractivity contribution in [2.24, 2.45) is 13.0 Å². The average molecular weight is 667 g/mol. The first-order valence-electron chi connectivity index (χ1n) is 16.2. The van der Waals surface area contributed by atoms with Gasteiger partial charge in [-0.05, 0) is 49.9 Å². The van der Waals surface area contributed by atoms with Crippen LogP contribution in [0.25, 0.3) is 21.6 Å². The number of nitrogen functional groups attached to an aromatic ring is 1. The molecule has 7 rings (SSSR count). The first-order valence-corrected chi connectivity index (χ1v) is 17.0. The third-order valence-corrected chi connectivity index (χ3v) is 11.0. The van der Waals surface area contributed by atoms with Gasteiger partial charge in [-0.3, -0.25) is 19.0 Å². The molecule has 5 aromatic rings. The fraction of sp³-hybridized carbons (Fsp3) is 0.371. The number of aromatic nitrogens is 5. The molecule has 0 unspecified atom stereocenters. The molecule has 0 aliphatic carbocycles. The Morgan fingerprint density at radius 2 is 1.81 bits per heavy atom. The summed E-state index contributed by atoms with van der Waals surface area (Å²) in [5.74, 6) is -0.131. The molecule has 12 nitrogen and oxygen atoms in total. The molecule has 2 aliphatic rings. The Labute approximate surface area is 281 Å². The van der Waals surface area contributed by atoms with Gasteiger partial charge in [0.25, 0.3) is 11.5 Å². The lowest BCUT2D eigenvalue weighted by Crippen LogP contribution is -2.53. The van der Waals surface area contributed by atoms with Crippen molar-refractivity contribution in [3.8, 4) is 10.6 Å². The summed E-state index contributed by atoms with van der Waals surface area (Å²) in [4.78, 5) is 58.6. The summed E-state index contributed by atoms with van der Waals surface area (Å²) >= 11 is 1.34. The van der Waals surface area contributed by atoms with Crippen molar-refractivity contribution in [3.05, 3.63) is 93.7 Å². The van der Waals surface area contributed by atoms with Crippen LogP contribution in [-0.2, 0) is 18.4 Å². The molecule has 2 amide bonds. The van der Waals surface area contributed by atoms with Crippen LogP contribution in [0, 0.1) is 12.8 Å². The number of carbonyl (C=O) groups excluding carboxylic acids is 2. The highest BCUT2D eigenvalue weighted by Gasteiger charge is 2.42. The van der Waals surface area contributed by atoms with Crippen LogP contribution in [0.2, 0.25) is 0 Å². The summed E-state index contributed by atoms with van der Waals surface area (Å²) in [5, 5.41) is 12.7. The van der Waals surface area contributed by atoms with E-state index in [1.165, 1.54) is 22.2 Å². The molecule has 6 heterocycles. The Morgan fingerprint density at radius 3 is 2.54 bits per heavy atom. The molecule has 0 radical (unpaired) electrons. The van der Waals surface area contributed by atoms with Crippen molar-refractivity contribution in [2.75, 3.05) is 31.9 Å². The smallest absolute Gasteiger partial charge is 0.265 e. The monoisotopic (exact) mass is 666 g/mol. The number of pyridine rings is 1. The quantitative estimate of drug-likeness (QED) is 0.280. The number of thiazole rings is 1. The molecule has 4 aromatic heterocycles. The fourth-order valence-corrected chi connectivity index (χ4v) is 8.03. The molecule has 1 aromatic carbocycles. The van der Waals surface area contributed by atoms with Gasteiger partial charge in [0.05, 0.1) is 23.2 Å². The topological polar surface area (TPSA) is 152 Å². The predicted octanol–water partition coefficient (Wildman–Crippen LogP) is 3.44. The SMILES string of the molecule is Cc1nc(-c2ccc(N)nc2)sc1C(=O)N1CC[C@@H](C(=O)N2CCC(O)(Cn3cnc4c(ccn4C)c3=O)CC2)[C@H](c2ccccc2)C1. The van der Waals surface area contributed by atoms with Gasteiger partial charge in [-0.15, -0.1) is 11.3 Å². The zero-order chi connectivity index (χ0) is 33.6. The van der Waals surface area contributed by atoms with E-state index in [4.69, 9.17) is 5.73 Å². The van der Waals surface area contributed by atoms with Crippen LogP contribution in [0.3, 0.4) is 0 Å². The number of aliphatic hydroxyl groups is 1. The van der Waals surface area contributed by atoms with Crippen molar-refractivity contribution >= 4 is 40.0 Å².